The lowest BCUT2D eigenvalue weighted by atomic mass is 10.00. The average Bonchev–Trinajstić information content (AvgIpc) is 3.20. The van der Waals surface area contributed by atoms with Crippen LogP contribution in [0.1, 0.15) is 29.4 Å². The van der Waals surface area contributed by atoms with Gasteiger partial charge in [-0.3, -0.25) is 14.0 Å². The molecular weight excluding hydrogens is 442 g/mol. The van der Waals surface area contributed by atoms with Gasteiger partial charge in [-0.25, -0.2) is 9.37 Å². The molecule has 2 N–H and O–H groups in total. The topological polar surface area (TPSA) is 78.7 Å². The number of nitrogens with one attached hydrogen (secondary N) is 2. The highest BCUT2D eigenvalue weighted by Gasteiger charge is 2.34. The average molecular weight is 463 g/mol. The third-order valence-corrected chi connectivity index (χ3v) is 5.47. The monoisotopic (exact) mass is 463 g/mol. The van der Waals surface area contributed by atoms with Gasteiger partial charge in [0.05, 0.1) is 0 Å². The van der Waals surface area contributed by atoms with Crippen LogP contribution in [0.15, 0.2) is 48.7 Å². The van der Waals surface area contributed by atoms with Gasteiger partial charge in [0.15, 0.2) is 5.69 Å². The van der Waals surface area contributed by atoms with Crippen LogP contribution in [0.25, 0.3) is 5.65 Å². The van der Waals surface area contributed by atoms with E-state index in [0.29, 0.717) is 18.8 Å². The second-order valence-electron chi connectivity index (χ2n) is 7.94. The molecule has 2 atom stereocenters. The quantitative estimate of drug-likeness (QED) is 0.582. The molecule has 1 aliphatic heterocycles. The van der Waals surface area contributed by atoms with E-state index in [9.17, 15) is 27.2 Å². The number of aromatic nitrogens is 2. The highest BCUT2D eigenvalue weighted by Crippen LogP contribution is 2.29. The van der Waals surface area contributed by atoms with E-state index >= 15 is 0 Å². The summed E-state index contributed by atoms with van der Waals surface area (Å²) in [6.07, 6.45) is -3.24. The van der Waals surface area contributed by atoms with Gasteiger partial charge in [-0.1, -0.05) is 6.07 Å². The number of carbonyl (C=O) groups is 2. The number of nitrogens with zero attached hydrogens (tertiary/aromatic N) is 3. The Morgan fingerprint density at radius 2 is 1.76 bits per heavy atom. The predicted octanol–water partition coefficient (Wildman–Crippen LogP) is 3.32. The van der Waals surface area contributed by atoms with Crippen LogP contribution in [0, 0.1) is 5.82 Å². The van der Waals surface area contributed by atoms with E-state index in [1.54, 1.807) is 17.0 Å². The summed E-state index contributed by atoms with van der Waals surface area (Å²) in [6.45, 7) is 2.01. The molecule has 0 unspecified atom stereocenters. The molecule has 1 fully saturated rings. The summed E-state index contributed by atoms with van der Waals surface area (Å²) in [5.74, 6) is -0.675. The molecule has 1 saturated heterocycles. The van der Waals surface area contributed by atoms with Crippen molar-refractivity contribution in [2.24, 2.45) is 0 Å². The van der Waals surface area contributed by atoms with E-state index in [1.807, 2.05) is 0 Å². The molecule has 0 bridgehead atoms. The smallest absolute Gasteiger partial charge is 0.367 e. The highest BCUT2D eigenvalue weighted by atomic mass is 19.4. The van der Waals surface area contributed by atoms with E-state index in [0.717, 1.165) is 6.20 Å². The van der Waals surface area contributed by atoms with Gasteiger partial charge < -0.3 is 15.5 Å². The van der Waals surface area contributed by atoms with Gasteiger partial charge in [0, 0.05) is 43.9 Å². The van der Waals surface area contributed by atoms with Crippen molar-refractivity contribution in [2.45, 2.75) is 31.6 Å². The molecule has 174 valence electrons. The molecule has 2 amide bonds. The van der Waals surface area contributed by atoms with Gasteiger partial charge in [0.25, 0.3) is 5.91 Å². The number of alkyl halides is 3. The maximum atomic E-state index is 13.1. The number of halogens is 4. The molecule has 0 aliphatic carbocycles. The standard InChI is InChI=1S/C22H21F4N5O2/c1-13(32)30-10-16(9-17(11-30)28-21(33)14-5-7-15(23)8-6-14)27-19-3-2-4-20-29-18(12-31(19)20)22(24,25)26/h2-8,12,16-17,27H,9-11H2,1H3,(H,28,33)/t16-,17+/m1/s1. The number of likely N-dealkylation sites (tertiary alicyclic amines) is 1. The van der Waals surface area contributed by atoms with Crippen LogP contribution < -0.4 is 10.6 Å². The van der Waals surface area contributed by atoms with Gasteiger partial charge in [-0.05, 0) is 42.8 Å². The van der Waals surface area contributed by atoms with Gasteiger partial charge in [-0.15, -0.1) is 0 Å². The van der Waals surface area contributed by atoms with Crippen molar-refractivity contribution in [3.63, 3.8) is 0 Å². The zero-order chi connectivity index (χ0) is 23.8. The minimum Gasteiger partial charge on any atom is -0.367 e. The van der Waals surface area contributed by atoms with Gasteiger partial charge in [0.1, 0.15) is 17.3 Å². The lowest BCUT2D eigenvalue weighted by Gasteiger charge is -2.38. The predicted molar refractivity (Wildman–Crippen MR) is 112 cm³/mol. The second-order valence-corrected chi connectivity index (χ2v) is 7.94. The number of anilines is 1. The normalized spacial score (nSPS) is 18.9. The lowest BCUT2D eigenvalue weighted by molar-refractivity contribution is -0.140. The first kappa shape index (κ1) is 22.6. The van der Waals surface area contributed by atoms with E-state index in [1.165, 1.54) is 41.7 Å². The number of hydrogen-bond donors (Lipinski definition) is 2. The van der Waals surface area contributed by atoms with Gasteiger partial charge in [0.2, 0.25) is 5.91 Å². The molecule has 0 radical (unpaired) electrons. The fourth-order valence-electron chi connectivity index (χ4n) is 3.91. The molecule has 7 nitrogen and oxygen atoms in total. The highest BCUT2D eigenvalue weighted by molar-refractivity contribution is 5.94. The number of piperidine rings is 1. The molecule has 3 aromatic rings. The summed E-state index contributed by atoms with van der Waals surface area (Å²) in [5, 5.41) is 6.04. The van der Waals surface area contributed by atoms with E-state index in [2.05, 4.69) is 15.6 Å². The molecule has 2 aromatic heterocycles. The number of rotatable bonds is 4. The van der Waals surface area contributed by atoms with Crippen LogP contribution in [0.5, 0.6) is 0 Å². The first-order valence-corrected chi connectivity index (χ1v) is 10.2. The summed E-state index contributed by atoms with van der Waals surface area (Å²) in [6, 6.07) is 9.01. The minimum atomic E-state index is -4.57. The van der Waals surface area contributed by atoms with Crippen LogP contribution in [0.3, 0.4) is 0 Å². The Morgan fingerprint density at radius 1 is 1.06 bits per heavy atom. The summed E-state index contributed by atoms with van der Waals surface area (Å²) in [4.78, 5) is 29.8. The van der Waals surface area contributed by atoms with Crippen molar-refractivity contribution in [3.05, 3.63) is 65.7 Å². The third kappa shape index (κ3) is 5.07. The largest absolute Gasteiger partial charge is 0.434 e. The van der Waals surface area contributed by atoms with Crippen molar-refractivity contribution >= 4 is 23.3 Å². The molecule has 4 rings (SSSR count). The van der Waals surface area contributed by atoms with Crippen molar-refractivity contribution in [1.29, 1.82) is 0 Å². The lowest BCUT2D eigenvalue weighted by Crippen LogP contribution is -2.55. The summed E-state index contributed by atoms with van der Waals surface area (Å²) >= 11 is 0. The van der Waals surface area contributed by atoms with Crippen molar-refractivity contribution in [3.8, 4) is 0 Å². The molecule has 0 spiro atoms. The Hall–Kier alpha value is -3.63. The molecule has 1 aliphatic rings. The summed E-state index contributed by atoms with van der Waals surface area (Å²) < 4.78 is 53.7. The maximum Gasteiger partial charge on any atom is 0.434 e. The maximum absolute atomic E-state index is 13.1. The van der Waals surface area contributed by atoms with Crippen LogP contribution >= 0.6 is 0 Å². The van der Waals surface area contributed by atoms with Crippen LogP contribution in [0.4, 0.5) is 23.4 Å². The number of amides is 2. The van der Waals surface area contributed by atoms with E-state index in [4.69, 9.17) is 0 Å². The number of hydrogen-bond acceptors (Lipinski definition) is 4. The van der Waals surface area contributed by atoms with Crippen LogP contribution in [-0.2, 0) is 11.0 Å². The SMILES string of the molecule is CC(=O)N1C[C@@H](NC(=O)c2ccc(F)cc2)C[C@@H](Nc2cccc3nc(C(F)(F)F)cn23)C1. The second kappa shape index (κ2) is 8.72. The zero-order valence-electron chi connectivity index (χ0n) is 17.6. The Balaban J connectivity index is 1.53. The van der Waals surface area contributed by atoms with E-state index in [-0.39, 0.29) is 29.7 Å². The van der Waals surface area contributed by atoms with E-state index < -0.39 is 29.6 Å². The summed E-state index contributed by atoms with van der Waals surface area (Å²) in [7, 11) is 0. The number of imidazole rings is 1. The fourth-order valence-corrected chi connectivity index (χ4v) is 3.91. The first-order chi connectivity index (χ1) is 15.6. The fraction of sp³-hybridized carbons (Fsp3) is 0.318. The number of pyridine rings is 1. The van der Waals surface area contributed by atoms with Crippen molar-refractivity contribution in [1.82, 2.24) is 19.6 Å². The summed E-state index contributed by atoms with van der Waals surface area (Å²) in [5.41, 5.74) is -0.591. The van der Waals surface area contributed by atoms with Crippen LogP contribution in [0.2, 0.25) is 0 Å². The molecule has 1 aromatic carbocycles. The Bertz CT molecular complexity index is 1180. The van der Waals surface area contributed by atoms with Gasteiger partial charge >= 0.3 is 6.18 Å². The molecule has 33 heavy (non-hydrogen) atoms. The molecular formula is C22H21F4N5O2. The van der Waals surface area contributed by atoms with Gasteiger partial charge in [-0.2, -0.15) is 13.2 Å². The zero-order valence-corrected chi connectivity index (χ0v) is 17.6. The third-order valence-electron chi connectivity index (χ3n) is 5.47. The van der Waals surface area contributed by atoms with Crippen LogP contribution in [-0.4, -0.2) is 51.3 Å². The van der Waals surface area contributed by atoms with Crippen molar-refractivity contribution < 1.29 is 27.2 Å². The minimum absolute atomic E-state index is 0.132. The number of carbonyl (C=O) groups excluding carboxylic acids is 2. The molecule has 0 saturated carbocycles. The Kier molecular flexibility index (Phi) is 5.96. The van der Waals surface area contributed by atoms with Crippen molar-refractivity contribution in [2.75, 3.05) is 18.4 Å². The Morgan fingerprint density at radius 3 is 2.42 bits per heavy atom. The number of benzene rings is 1. The first-order valence-electron chi connectivity index (χ1n) is 10.2. The number of fused-ring (bicyclic) bond motifs is 1. The Labute approximate surface area is 186 Å². The molecule has 3 heterocycles. The molecule has 11 heteroatoms.